The van der Waals surface area contributed by atoms with Crippen molar-refractivity contribution in [2.75, 3.05) is 13.1 Å². The molecule has 8 heteroatoms. The number of hydrogen-bond acceptors (Lipinski definition) is 4. The summed E-state index contributed by atoms with van der Waals surface area (Å²) in [4.78, 5) is 11.0. The Bertz CT molecular complexity index is 652. The molecule has 2 unspecified atom stereocenters. The lowest BCUT2D eigenvalue weighted by Gasteiger charge is -2.33. The van der Waals surface area contributed by atoms with Crippen LogP contribution in [0.15, 0.2) is 27.6 Å². The Morgan fingerprint density at radius 1 is 1.33 bits per heavy atom. The van der Waals surface area contributed by atoms with Gasteiger partial charge in [-0.15, -0.1) is 0 Å². The molecule has 1 aromatic carbocycles. The van der Waals surface area contributed by atoms with E-state index in [2.05, 4.69) is 15.9 Å². The van der Waals surface area contributed by atoms with Crippen LogP contribution in [0.5, 0.6) is 0 Å². The highest BCUT2D eigenvalue weighted by Gasteiger charge is 2.33. The highest BCUT2D eigenvalue weighted by atomic mass is 79.9. The number of carboxylic acid groups (broad SMARTS) is 1. The number of nitrogens with zero attached hydrogens (tertiary/aromatic N) is 1. The molecular weight excluding hydrogens is 378 g/mol. The van der Waals surface area contributed by atoms with Gasteiger partial charge in [0, 0.05) is 28.1 Å². The molecule has 21 heavy (non-hydrogen) atoms. The molecule has 0 radical (unpaired) electrons. The minimum atomic E-state index is -3.62. The standard InChI is InChI=1S/C13H16BrNO4S2/c1-8-6-15(7-9(2)20-8)21(18,19)12-4-3-10(13(16)17)5-11(12)14/h3-5,8-9H,6-7H2,1-2H3,(H,16,17). The number of carbonyl (C=O) groups is 1. The van der Waals surface area contributed by atoms with Gasteiger partial charge in [0.1, 0.15) is 0 Å². The fourth-order valence-corrected chi connectivity index (χ4v) is 6.48. The quantitative estimate of drug-likeness (QED) is 0.853. The maximum absolute atomic E-state index is 12.7. The maximum atomic E-state index is 12.7. The summed E-state index contributed by atoms with van der Waals surface area (Å²) in [6.45, 7) is 4.94. The largest absolute Gasteiger partial charge is 0.478 e. The minimum Gasteiger partial charge on any atom is -0.478 e. The van der Waals surface area contributed by atoms with Crippen LogP contribution in [0.4, 0.5) is 0 Å². The molecule has 0 amide bonds. The predicted molar refractivity (Wildman–Crippen MR) is 86.4 cm³/mol. The van der Waals surface area contributed by atoms with E-state index in [9.17, 15) is 13.2 Å². The number of carboxylic acids is 1. The molecule has 0 spiro atoms. The first-order chi connectivity index (χ1) is 9.71. The van der Waals surface area contributed by atoms with Crippen molar-refractivity contribution in [3.05, 3.63) is 28.2 Å². The summed E-state index contributed by atoms with van der Waals surface area (Å²) >= 11 is 4.95. The van der Waals surface area contributed by atoms with Crippen LogP contribution in [0.25, 0.3) is 0 Å². The molecule has 1 aliphatic heterocycles. The zero-order valence-electron chi connectivity index (χ0n) is 11.6. The summed E-state index contributed by atoms with van der Waals surface area (Å²) in [5, 5.41) is 9.41. The molecule has 116 valence electrons. The maximum Gasteiger partial charge on any atom is 0.335 e. The molecule has 1 N–H and O–H groups in total. The van der Waals surface area contributed by atoms with E-state index in [1.807, 2.05) is 13.8 Å². The number of halogens is 1. The smallest absolute Gasteiger partial charge is 0.335 e. The molecule has 0 saturated carbocycles. The third-order valence-electron chi connectivity index (χ3n) is 3.18. The van der Waals surface area contributed by atoms with Gasteiger partial charge in [0.25, 0.3) is 0 Å². The van der Waals surface area contributed by atoms with Crippen molar-refractivity contribution in [3.63, 3.8) is 0 Å². The van der Waals surface area contributed by atoms with E-state index in [4.69, 9.17) is 5.11 Å². The summed E-state index contributed by atoms with van der Waals surface area (Å²) < 4.78 is 27.2. The lowest BCUT2D eigenvalue weighted by molar-refractivity contribution is 0.0696. The van der Waals surface area contributed by atoms with E-state index in [0.29, 0.717) is 13.1 Å². The Morgan fingerprint density at radius 2 is 1.90 bits per heavy atom. The lowest BCUT2D eigenvalue weighted by atomic mass is 10.2. The van der Waals surface area contributed by atoms with E-state index in [1.165, 1.54) is 22.5 Å². The van der Waals surface area contributed by atoms with Crippen molar-refractivity contribution >= 4 is 43.7 Å². The molecule has 1 heterocycles. The van der Waals surface area contributed by atoms with Gasteiger partial charge in [0.15, 0.2) is 0 Å². The van der Waals surface area contributed by atoms with Gasteiger partial charge < -0.3 is 5.11 Å². The topological polar surface area (TPSA) is 74.7 Å². The molecule has 2 rings (SSSR count). The Balaban J connectivity index is 2.37. The van der Waals surface area contributed by atoms with E-state index in [0.717, 1.165) is 0 Å². The molecule has 2 atom stereocenters. The van der Waals surface area contributed by atoms with Gasteiger partial charge in [-0.25, -0.2) is 13.2 Å². The predicted octanol–water partition coefficient (Wildman–Crippen LogP) is 2.66. The minimum absolute atomic E-state index is 0.0526. The summed E-state index contributed by atoms with van der Waals surface area (Å²) in [5.41, 5.74) is 0.0526. The number of sulfonamides is 1. The molecule has 0 aromatic heterocycles. The first-order valence-electron chi connectivity index (χ1n) is 6.40. The van der Waals surface area contributed by atoms with Crippen LogP contribution in [-0.2, 0) is 10.0 Å². The monoisotopic (exact) mass is 393 g/mol. The highest BCUT2D eigenvalue weighted by Crippen LogP contribution is 2.31. The molecule has 1 fully saturated rings. The van der Waals surface area contributed by atoms with Crippen molar-refractivity contribution in [3.8, 4) is 0 Å². The third kappa shape index (κ3) is 3.61. The van der Waals surface area contributed by atoms with Crippen molar-refractivity contribution < 1.29 is 18.3 Å². The number of benzene rings is 1. The first-order valence-corrected chi connectivity index (χ1v) is 9.58. The number of thioether (sulfide) groups is 1. The van der Waals surface area contributed by atoms with E-state index in [1.54, 1.807) is 11.8 Å². The Morgan fingerprint density at radius 3 is 2.38 bits per heavy atom. The summed E-state index contributed by atoms with van der Waals surface area (Å²) in [5.74, 6) is -1.09. The van der Waals surface area contributed by atoms with E-state index >= 15 is 0 Å². The third-order valence-corrected chi connectivity index (χ3v) is 7.22. The molecule has 1 aromatic rings. The van der Waals surface area contributed by atoms with E-state index < -0.39 is 16.0 Å². The van der Waals surface area contributed by atoms with E-state index in [-0.39, 0.29) is 25.4 Å². The van der Waals surface area contributed by atoms with Gasteiger partial charge in [0.2, 0.25) is 10.0 Å². The fourth-order valence-electron chi connectivity index (χ4n) is 2.31. The molecular formula is C13H16BrNO4S2. The summed E-state index contributed by atoms with van der Waals surface area (Å²) in [6, 6.07) is 3.98. The van der Waals surface area contributed by atoms with Crippen LogP contribution in [0, 0.1) is 0 Å². The van der Waals surface area contributed by atoms with Gasteiger partial charge in [-0.3, -0.25) is 0 Å². The summed E-state index contributed by atoms with van der Waals surface area (Å²) in [7, 11) is -3.62. The molecule has 1 saturated heterocycles. The van der Waals surface area contributed by atoms with Crippen molar-refractivity contribution in [1.82, 2.24) is 4.31 Å². The second-order valence-corrected chi connectivity index (χ2v) is 9.67. The number of rotatable bonds is 3. The van der Waals surface area contributed by atoms with Gasteiger partial charge in [0.05, 0.1) is 10.5 Å². The molecule has 1 aliphatic rings. The van der Waals surface area contributed by atoms with Crippen LogP contribution in [0.2, 0.25) is 0 Å². The van der Waals surface area contributed by atoms with Crippen LogP contribution < -0.4 is 0 Å². The van der Waals surface area contributed by atoms with Crippen LogP contribution in [0.3, 0.4) is 0 Å². The Labute approximate surface area is 136 Å². The van der Waals surface area contributed by atoms with Gasteiger partial charge in [-0.1, -0.05) is 13.8 Å². The summed E-state index contributed by atoms with van der Waals surface area (Å²) in [6.07, 6.45) is 0. The second-order valence-electron chi connectivity index (χ2n) is 5.03. The van der Waals surface area contributed by atoms with Crippen molar-refractivity contribution in [2.24, 2.45) is 0 Å². The zero-order chi connectivity index (χ0) is 15.8. The molecule has 5 nitrogen and oxygen atoms in total. The van der Waals surface area contributed by atoms with Crippen LogP contribution in [0.1, 0.15) is 24.2 Å². The molecule has 0 aliphatic carbocycles. The first kappa shape index (κ1) is 16.8. The Hall–Kier alpha value is -0.570. The zero-order valence-corrected chi connectivity index (χ0v) is 14.8. The van der Waals surface area contributed by atoms with Crippen molar-refractivity contribution in [1.29, 1.82) is 0 Å². The lowest BCUT2D eigenvalue weighted by Crippen LogP contribution is -2.44. The highest BCUT2D eigenvalue weighted by molar-refractivity contribution is 9.10. The average Bonchev–Trinajstić information content (AvgIpc) is 2.36. The van der Waals surface area contributed by atoms with Crippen molar-refractivity contribution in [2.45, 2.75) is 29.2 Å². The normalized spacial score (nSPS) is 24.0. The van der Waals surface area contributed by atoms with Gasteiger partial charge in [-0.05, 0) is 34.1 Å². The van der Waals surface area contributed by atoms with Crippen LogP contribution in [-0.4, -0.2) is 47.4 Å². The Kier molecular flexibility index (Phi) is 5.02. The van der Waals surface area contributed by atoms with Gasteiger partial charge in [-0.2, -0.15) is 16.1 Å². The number of aromatic carboxylic acids is 1. The molecule has 0 bridgehead atoms. The SMILES string of the molecule is CC1CN(S(=O)(=O)c2ccc(C(=O)O)cc2Br)CC(C)S1. The van der Waals surface area contributed by atoms with Gasteiger partial charge >= 0.3 is 5.97 Å². The second kappa shape index (κ2) is 6.28. The van der Waals surface area contributed by atoms with Crippen LogP contribution >= 0.6 is 27.7 Å². The number of hydrogen-bond donors (Lipinski definition) is 1. The average molecular weight is 394 g/mol. The fraction of sp³-hybridized carbons (Fsp3) is 0.462.